The summed E-state index contributed by atoms with van der Waals surface area (Å²) < 4.78 is 32.7. The van der Waals surface area contributed by atoms with E-state index in [9.17, 15) is 14.4 Å². The van der Waals surface area contributed by atoms with Gasteiger partial charge < -0.3 is 24.1 Å². The van der Waals surface area contributed by atoms with Gasteiger partial charge in [0.1, 0.15) is 6.04 Å². The van der Waals surface area contributed by atoms with E-state index in [4.69, 9.17) is 24.2 Å². The van der Waals surface area contributed by atoms with Crippen LogP contribution < -0.4 is 10.7 Å². The number of rotatable bonds is 6. The van der Waals surface area contributed by atoms with Gasteiger partial charge in [0, 0.05) is 65.6 Å². The van der Waals surface area contributed by atoms with Gasteiger partial charge in [-0.1, -0.05) is 19.9 Å². The van der Waals surface area contributed by atoms with E-state index in [1.165, 1.54) is 16.3 Å². The Balaban J connectivity index is 1.37. The number of pyridine rings is 1. The number of thiazole rings is 1. The summed E-state index contributed by atoms with van der Waals surface area (Å²) in [7, 11) is 1.68. The molecule has 12 nitrogen and oxygen atoms in total. The zero-order valence-electron chi connectivity index (χ0n) is 30.5. The number of fused-ring (bicyclic) bond motifs is 6. The first-order chi connectivity index (χ1) is 25.3. The number of aryl methyl sites for hydroxylation is 1. The number of carbonyl (C=O) groups is 3. The molecule has 53 heavy (non-hydrogen) atoms. The van der Waals surface area contributed by atoms with Gasteiger partial charge in [-0.25, -0.2) is 14.8 Å². The van der Waals surface area contributed by atoms with Gasteiger partial charge in [0.15, 0.2) is 3.55 Å². The van der Waals surface area contributed by atoms with Gasteiger partial charge in [-0.2, -0.15) is 0 Å². The van der Waals surface area contributed by atoms with Gasteiger partial charge in [0.25, 0.3) is 11.8 Å². The number of hydrogen-bond acceptors (Lipinski definition) is 10. The molecule has 282 valence electrons. The standard InChI is InChI=1S/C38H44FIN6O6S/c1-6-45-29-12-11-23-15-25(29)26(32(45)24-9-7-13-41-31(24)22(2)50-5)16-36(3,4)19-52-33(47)27-10-8-14-46(44-27)35(49)38(40,17-30-42-28(23)18-53-30)43-34(48)37(39)20-51-21-37/h7,9,11-13,15,18,22,27,44H,6,8,10,14,16-17,19-21H2,1-5H3,(H,43,48)/t22-,27-,38-/m0/s1. The van der Waals surface area contributed by atoms with Gasteiger partial charge in [-0.15, -0.1) is 11.3 Å². The smallest absolute Gasteiger partial charge is 0.324 e. The summed E-state index contributed by atoms with van der Waals surface area (Å²) in [5.74, 6) is -1.91. The number of hydrogen-bond donors (Lipinski definition) is 2. The van der Waals surface area contributed by atoms with Crippen molar-refractivity contribution in [3.63, 3.8) is 0 Å². The maximum atomic E-state index is 15.3. The lowest BCUT2D eigenvalue weighted by atomic mass is 9.84. The van der Waals surface area contributed by atoms with E-state index in [2.05, 4.69) is 54.3 Å². The molecule has 0 saturated carbocycles. The van der Waals surface area contributed by atoms with E-state index in [1.54, 1.807) is 13.3 Å². The van der Waals surface area contributed by atoms with Crippen molar-refractivity contribution in [3.05, 3.63) is 58.2 Å². The molecular weight excluding hydrogens is 814 g/mol. The van der Waals surface area contributed by atoms with E-state index in [0.29, 0.717) is 37.4 Å². The van der Waals surface area contributed by atoms with E-state index in [1.807, 2.05) is 47.0 Å². The van der Waals surface area contributed by atoms with Crippen LogP contribution in [0.1, 0.15) is 62.9 Å². The number of cyclic esters (lactones) is 1. The third-order valence-electron chi connectivity index (χ3n) is 10.3. The van der Waals surface area contributed by atoms with Gasteiger partial charge in [-0.3, -0.25) is 24.4 Å². The third kappa shape index (κ3) is 7.22. The van der Waals surface area contributed by atoms with Crippen molar-refractivity contribution in [2.45, 2.75) is 81.3 Å². The maximum Gasteiger partial charge on any atom is 0.324 e. The highest BCUT2D eigenvalue weighted by molar-refractivity contribution is 14.1. The minimum atomic E-state index is -2.23. The minimum Gasteiger partial charge on any atom is -0.464 e. The average molecular weight is 859 g/mol. The predicted molar refractivity (Wildman–Crippen MR) is 207 cm³/mol. The van der Waals surface area contributed by atoms with E-state index in [0.717, 1.165) is 44.7 Å². The van der Waals surface area contributed by atoms with E-state index < -0.39 is 38.5 Å². The summed E-state index contributed by atoms with van der Waals surface area (Å²) >= 11 is 3.25. The van der Waals surface area contributed by atoms with Gasteiger partial charge in [-0.05, 0) is 85.5 Å². The number of aromatic nitrogens is 3. The number of esters is 1. The van der Waals surface area contributed by atoms with Crippen LogP contribution in [0.15, 0.2) is 41.9 Å². The Morgan fingerprint density at radius 2 is 2.02 bits per heavy atom. The average Bonchev–Trinajstić information content (AvgIpc) is 3.73. The first kappa shape index (κ1) is 37.8. The molecule has 4 aromatic rings. The maximum absolute atomic E-state index is 15.3. The SMILES string of the molecule is CCn1c(-c2cccnc2[C@H](C)OC)c2c3cc(ccc31)-c1csc(n1)C[C@](I)(NC(=O)C1(F)COC1)C(=O)N1CCC[C@H](N1)C(=O)OCC(C)(C)C2. The quantitative estimate of drug-likeness (QED) is 0.108. The monoisotopic (exact) mass is 858 g/mol. The van der Waals surface area contributed by atoms with Crippen LogP contribution in [0.2, 0.25) is 0 Å². The molecule has 2 saturated heterocycles. The first-order valence-corrected chi connectivity index (χ1v) is 19.8. The zero-order valence-corrected chi connectivity index (χ0v) is 33.4. The molecule has 3 atom stereocenters. The fourth-order valence-electron chi connectivity index (χ4n) is 7.27. The zero-order chi connectivity index (χ0) is 37.7. The molecule has 2 amide bonds. The fraction of sp³-hybridized carbons (Fsp3) is 0.500. The molecule has 15 heteroatoms. The molecule has 0 unspecified atom stereocenters. The van der Waals surface area contributed by atoms with Gasteiger partial charge >= 0.3 is 5.97 Å². The van der Waals surface area contributed by atoms with E-state index >= 15 is 4.39 Å². The molecule has 1 aromatic carbocycles. The minimum absolute atomic E-state index is 0.00740. The largest absolute Gasteiger partial charge is 0.464 e. The fourth-order valence-corrected chi connectivity index (χ4v) is 9.32. The Morgan fingerprint density at radius 1 is 1.23 bits per heavy atom. The molecule has 0 aliphatic carbocycles. The molecule has 6 bridgehead atoms. The van der Waals surface area contributed by atoms with Crippen LogP contribution in [-0.2, 0) is 48.0 Å². The highest BCUT2D eigenvalue weighted by Crippen LogP contribution is 2.42. The summed E-state index contributed by atoms with van der Waals surface area (Å²) in [6, 6.07) is 9.53. The summed E-state index contributed by atoms with van der Waals surface area (Å²) in [5, 5.41) is 7.60. The van der Waals surface area contributed by atoms with Crippen LogP contribution in [0, 0.1) is 5.41 Å². The van der Waals surface area contributed by atoms with Crippen molar-refractivity contribution < 1.29 is 33.0 Å². The molecule has 2 N–H and O–H groups in total. The molecule has 6 heterocycles. The number of benzene rings is 1. The number of methoxy groups -OCH3 is 1. The van der Waals surface area contributed by atoms with Crippen molar-refractivity contribution in [2.24, 2.45) is 5.41 Å². The number of nitrogens with one attached hydrogen (secondary N) is 2. The van der Waals surface area contributed by atoms with E-state index in [-0.39, 0.29) is 32.3 Å². The number of carbonyl (C=O) groups excluding carboxylic acids is 3. The third-order valence-corrected chi connectivity index (χ3v) is 12.2. The number of halogens is 2. The highest BCUT2D eigenvalue weighted by atomic mass is 127. The Morgan fingerprint density at radius 3 is 2.74 bits per heavy atom. The Kier molecular flexibility index (Phi) is 10.4. The lowest BCUT2D eigenvalue weighted by Gasteiger charge is -2.40. The van der Waals surface area contributed by atoms with Crippen LogP contribution in [0.5, 0.6) is 0 Å². The van der Waals surface area contributed by atoms with Crippen LogP contribution in [0.3, 0.4) is 0 Å². The second-order valence-corrected chi connectivity index (χ2v) is 17.6. The van der Waals surface area contributed by atoms with Crippen molar-refractivity contribution in [2.75, 3.05) is 33.5 Å². The van der Waals surface area contributed by atoms with Crippen LogP contribution in [0.25, 0.3) is 33.4 Å². The van der Waals surface area contributed by atoms with Crippen molar-refractivity contribution in [1.82, 2.24) is 30.3 Å². The number of alkyl halides is 2. The van der Waals surface area contributed by atoms with Gasteiger partial charge in [0.05, 0.1) is 48.0 Å². The summed E-state index contributed by atoms with van der Waals surface area (Å²) in [5.41, 5.74) is 6.92. The summed E-state index contributed by atoms with van der Waals surface area (Å²) in [6.07, 6.45) is 3.10. The molecule has 0 spiro atoms. The normalized spacial score (nSPS) is 23.5. The van der Waals surface area contributed by atoms with Crippen molar-refractivity contribution >= 4 is 62.6 Å². The molecular formula is C38H44FIN6O6S. The first-order valence-electron chi connectivity index (χ1n) is 17.9. The summed E-state index contributed by atoms with van der Waals surface area (Å²) in [6.45, 7) is 8.63. The highest BCUT2D eigenvalue weighted by Gasteiger charge is 2.52. The number of hydrazine groups is 1. The molecule has 0 radical (unpaired) electrons. The molecule has 3 aliphatic rings. The summed E-state index contributed by atoms with van der Waals surface area (Å²) in [4.78, 5) is 50.9. The van der Waals surface area contributed by atoms with Crippen molar-refractivity contribution in [1.29, 1.82) is 0 Å². The van der Waals surface area contributed by atoms with Crippen LogP contribution >= 0.6 is 33.9 Å². The number of ether oxygens (including phenoxy) is 3. The van der Waals surface area contributed by atoms with Crippen molar-refractivity contribution in [3.8, 4) is 22.5 Å². The molecule has 7 rings (SSSR count). The molecule has 2 fully saturated rings. The lowest BCUT2D eigenvalue weighted by molar-refractivity contribution is -0.169. The molecule has 3 aromatic heterocycles. The lowest BCUT2D eigenvalue weighted by Crippen LogP contribution is -2.67. The second-order valence-electron chi connectivity index (χ2n) is 14.9. The number of nitrogens with zero attached hydrogens (tertiary/aromatic N) is 4. The second kappa shape index (κ2) is 14.6. The van der Waals surface area contributed by atoms with Crippen LogP contribution in [-0.4, -0.2) is 86.1 Å². The molecule has 3 aliphatic heterocycles. The topological polar surface area (TPSA) is 137 Å². The Labute approximate surface area is 325 Å². The predicted octanol–water partition coefficient (Wildman–Crippen LogP) is 5.70. The number of amides is 2. The Hall–Kier alpha value is -3.51. The van der Waals surface area contributed by atoms with Gasteiger partial charge in [0.2, 0.25) is 5.67 Å². The Bertz CT molecular complexity index is 2070. The van der Waals surface area contributed by atoms with Crippen LogP contribution in [0.4, 0.5) is 4.39 Å².